The van der Waals surface area contributed by atoms with E-state index in [4.69, 9.17) is 4.74 Å². The number of nitrogens with zero attached hydrogens (tertiary/aromatic N) is 2. The molecule has 0 radical (unpaired) electrons. The number of amides is 1. The zero-order valence-electron chi connectivity index (χ0n) is 12.6. The van der Waals surface area contributed by atoms with Gasteiger partial charge in [-0.15, -0.1) is 5.10 Å². The molecule has 1 atom stereocenters. The maximum Gasteiger partial charge on any atom is 0.285 e. The lowest BCUT2D eigenvalue weighted by Gasteiger charge is -2.15. The van der Waals surface area contributed by atoms with Crippen LogP contribution in [0.15, 0.2) is 0 Å². The molecule has 9 heteroatoms. The second kappa shape index (κ2) is 6.37. The van der Waals surface area contributed by atoms with Gasteiger partial charge in [0.15, 0.2) is 11.6 Å². The average molecular weight is 329 g/mol. The van der Waals surface area contributed by atoms with Crippen molar-refractivity contribution < 1.29 is 27.9 Å². The highest BCUT2D eigenvalue weighted by Crippen LogP contribution is 2.35. The summed E-state index contributed by atoms with van der Waals surface area (Å²) in [4.78, 5) is 11.5. The Morgan fingerprint density at radius 3 is 2.52 bits per heavy atom. The van der Waals surface area contributed by atoms with Crippen LogP contribution >= 0.6 is 0 Å². The number of hydrogen-bond donors (Lipinski definition) is 2. The summed E-state index contributed by atoms with van der Waals surface area (Å²) in [6, 6.07) is 0. The fourth-order valence-corrected chi connectivity index (χ4v) is 2.37. The molecule has 0 spiro atoms. The fraction of sp³-hybridized carbons (Fsp3) is 0.357. The minimum atomic E-state index is -1.59. The lowest BCUT2D eigenvalue weighted by Crippen LogP contribution is -2.19. The SMILES string of the molecule is COc1c(F)c(C(=O)NF)c(F)c2c(CC(C)O)c(C)nnc12. The highest BCUT2D eigenvalue weighted by molar-refractivity contribution is 6.01. The van der Waals surface area contributed by atoms with E-state index in [0.717, 1.165) is 7.11 Å². The van der Waals surface area contributed by atoms with Crippen LogP contribution in [0.5, 0.6) is 5.75 Å². The largest absolute Gasteiger partial charge is 0.491 e. The van der Waals surface area contributed by atoms with Crippen molar-refractivity contribution in [2.45, 2.75) is 26.4 Å². The van der Waals surface area contributed by atoms with Crippen LogP contribution in [0.4, 0.5) is 13.3 Å². The van der Waals surface area contributed by atoms with E-state index in [1.165, 1.54) is 13.8 Å². The number of benzene rings is 1. The first-order chi connectivity index (χ1) is 10.8. The third-order valence-corrected chi connectivity index (χ3v) is 3.36. The number of rotatable bonds is 4. The molecule has 1 unspecified atom stereocenters. The van der Waals surface area contributed by atoms with Crippen molar-refractivity contribution in [2.75, 3.05) is 7.11 Å². The van der Waals surface area contributed by atoms with E-state index in [-0.39, 0.29) is 28.6 Å². The van der Waals surface area contributed by atoms with Gasteiger partial charge in [-0.25, -0.2) is 8.78 Å². The Morgan fingerprint density at radius 1 is 1.35 bits per heavy atom. The summed E-state index contributed by atoms with van der Waals surface area (Å²) in [5.74, 6) is -4.78. The molecule has 0 fully saturated rings. The zero-order chi connectivity index (χ0) is 17.3. The highest BCUT2D eigenvalue weighted by atomic mass is 19.2. The molecule has 6 nitrogen and oxygen atoms in total. The molecule has 124 valence electrons. The van der Waals surface area contributed by atoms with Crippen LogP contribution in [0.3, 0.4) is 0 Å². The molecule has 0 aliphatic carbocycles. The van der Waals surface area contributed by atoms with Gasteiger partial charge in [0.2, 0.25) is 0 Å². The van der Waals surface area contributed by atoms with Crippen LogP contribution in [0, 0.1) is 18.6 Å². The van der Waals surface area contributed by atoms with Gasteiger partial charge in [-0.3, -0.25) is 4.79 Å². The number of aliphatic hydroxyl groups is 1. The molecule has 0 bridgehead atoms. The van der Waals surface area contributed by atoms with Crippen LogP contribution in [-0.4, -0.2) is 34.4 Å². The summed E-state index contributed by atoms with van der Waals surface area (Å²) in [5, 5.41) is 16.8. The second-order valence-corrected chi connectivity index (χ2v) is 5.00. The molecule has 2 N–H and O–H groups in total. The topological polar surface area (TPSA) is 84.3 Å². The minimum absolute atomic E-state index is 0.0136. The van der Waals surface area contributed by atoms with Crippen LogP contribution in [0.2, 0.25) is 0 Å². The number of ether oxygens (including phenoxy) is 1. The van der Waals surface area contributed by atoms with Gasteiger partial charge in [-0.05, 0) is 19.4 Å². The van der Waals surface area contributed by atoms with Gasteiger partial charge >= 0.3 is 0 Å². The average Bonchev–Trinajstić information content (AvgIpc) is 2.49. The number of aryl methyl sites for hydroxylation is 1. The molecule has 23 heavy (non-hydrogen) atoms. The van der Waals surface area contributed by atoms with Gasteiger partial charge in [0.25, 0.3) is 5.91 Å². The first-order valence-electron chi connectivity index (χ1n) is 6.63. The van der Waals surface area contributed by atoms with Gasteiger partial charge in [-0.2, -0.15) is 10.6 Å². The van der Waals surface area contributed by atoms with Crippen LogP contribution < -0.4 is 10.3 Å². The zero-order valence-corrected chi connectivity index (χ0v) is 12.6. The van der Waals surface area contributed by atoms with Gasteiger partial charge in [0.1, 0.15) is 16.9 Å². The number of fused-ring (bicyclic) bond motifs is 1. The Kier molecular flexibility index (Phi) is 4.69. The minimum Gasteiger partial charge on any atom is -0.491 e. The second-order valence-electron chi connectivity index (χ2n) is 5.00. The van der Waals surface area contributed by atoms with Crippen molar-refractivity contribution in [3.63, 3.8) is 0 Å². The highest BCUT2D eigenvalue weighted by Gasteiger charge is 2.29. The first kappa shape index (κ1) is 16.9. The lowest BCUT2D eigenvalue weighted by atomic mass is 9.98. The van der Waals surface area contributed by atoms with Gasteiger partial charge in [0, 0.05) is 11.8 Å². The Balaban J connectivity index is 2.99. The van der Waals surface area contributed by atoms with E-state index in [2.05, 4.69) is 10.2 Å². The van der Waals surface area contributed by atoms with Crippen molar-refractivity contribution >= 4 is 16.8 Å². The monoisotopic (exact) mass is 329 g/mol. The maximum absolute atomic E-state index is 14.7. The number of hydrogen-bond acceptors (Lipinski definition) is 5. The molecule has 0 saturated carbocycles. The number of aliphatic hydroxyl groups excluding tert-OH is 1. The molecule has 0 aliphatic heterocycles. The molecular weight excluding hydrogens is 315 g/mol. The predicted molar refractivity (Wildman–Crippen MR) is 74.7 cm³/mol. The van der Waals surface area contributed by atoms with E-state index in [1.54, 1.807) is 0 Å². The van der Waals surface area contributed by atoms with Gasteiger partial charge in [0.05, 0.1) is 18.9 Å². The number of carbonyl (C=O) groups excluding carboxylic acids is 1. The third-order valence-electron chi connectivity index (χ3n) is 3.36. The van der Waals surface area contributed by atoms with Crippen molar-refractivity contribution in [2.24, 2.45) is 0 Å². The summed E-state index contributed by atoms with van der Waals surface area (Å²) in [6.45, 7) is 2.99. The van der Waals surface area contributed by atoms with Crippen molar-refractivity contribution in [1.82, 2.24) is 15.7 Å². The Hall–Kier alpha value is -2.42. The Bertz CT molecular complexity index is 781. The van der Waals surface area contributed by atoms with E-state index in [9.17, 15) is 23.2 Å². The van der Waals surface area contributed by atoms with Crippen LogP contribution in [0.25, 0.3) is 10.9 Å². The molecule has 1 aromatic carbocycles. The van der Waals surface area contributed by atoms with Crippen molar-refractivity contribution in [1.29, 1.82) is 0 Å². The van der Waals surface area contributed by atoms with E-state index >= 15 is 0 Å². The summed E-state index contributed by atoms with van der Waals surface area (Å²) in [7, 11) is 1.10. The Morgan fingerprint density at radius 2 is 2.00 bits per heavy atom. The molecule has 1 heterocycles. The van der Waals surface area contributed by atoms with Crippen LogP contribution in [-0.2, 0) is 6.42 Å². The summed E-state index contributed by atoms with van der Waals surface area (Å²) in [5.41, 5.74) is -0.166. The summed E-state index contributed by atoms with van der Waals surface area (Å²) < 4.78 is 46.2. The van der Waals surface area contributed by atoms with Crippen molar-refractivity contribution in [3.05, 3.63) is 28.5 Å². The molecular formula is C14H14F3N3O3. The lowest BCUT2D eigenvalue weighted by molar-refractivity contribution is 0.0850. The molecule has 2 rings (SSSR count). The van der Waals surface area contributed by atoms with Gasteiger partial charge < -0.3 is 9.84 Å². The number of methoxy groups -OCH3 is 1. The number of aromatic nitrogens is 2. The number of halogens is 3. The maximum atomic E-state index is 14.7. The van der Waals surface area contributed by atoms with Crippen LogP contribution in [0.1, 0.15) is 28.5 Å². The normalized spacial score (nSPS) is 12.3. The van der Waals surface area contributed by atoms with E-state index < -0.39 is 35.0 Å². The van der Waals surface area contributed by atoms with E-state index in [1.807, 2.05) is 0 Å². The molecule has 2 aromatic rings. The van der Waals surface area contributed by atoms with Gasteiger partial charge in [-0.1, -0.05) is 4.48 Å². The molecule has 0 saturated heterocycles. The predicted octanol–water partition coefficient (Wildman–Crippen LogP) is 1.76. The standard InChI is InChI=1S/C14H14F3N3O3/c1-5(21)4-7-6(2)19-20-12-8(7)10(15)9(14(22)18-17)11(16)13(12)23-3/h5,21H,4H2,1-3H3,(H,18,22). The Labute approximate surface area is 129 Å². The third kappa shape index (κ3) is 2.79. The smallest absolute Gasteiger partial charge is 0.285 e. The fourth-order valence-electron chi connectivity index (χ4n) is 2.37. The quantitative estimate of drug-likeness (QED) is 0.835. The van der Waals surface area contributed by atoms with Crippen molar-refractivity contribution in [3.8, 4) is 5.75 Å². The number of nitrogens with one attached hydrogen (secondary N) is 1. The first-order valence-corrected chi connectivity index (χ1v) is 6.63. The summed E-state index contributed by atoms with van der Waals surface area (Å²) in [6.07, 6.45) is -0.865. The number of carbonyl (C=O) groups is 1. The molecule has 0 aliphatic rings. The molecule has 1 aromatic heterocycles. The van der Waals surface area contributed by atoms with E-state index in [0.29, 0.717) is 5.54 Å². The summed E-state index contributed by atoms with van der Waals surface area (Å²) >= 11 is 0. The molecule has 1 amide bonds.